The Bertz CT molecular complexity index is 737. The minimum absolute atomic E-state index is 0.215. The number of hydrogen-bond acceptors (Lipinski definition) is 5. The molecule has 0 atom stereocenters. The molecule has 0 spiro atoms. The van der Waals surface area contributed by atoms with Crippen molar-refractivity contribution in [3.63, 3.8) is 0 Å². The number of piperidine rings is 1. The molecule has 26 heavy (non-hydrogen) atoms. The highest BCUT2D eigenvalue weighted by Crippen LogP contribution is 2.30. The minimum atomic E-state index is -3.46. The van der Waals surface area contributed by atoms with E-state index in [4.69, 9.17) is 11.6 Å². The molecule has 0 bridgehead atoms. The van der Waals surface area contributed by atoms with Crippen LogP contribution in [0.5, 0.6) is 0 Å². The summed E-state index contributed by atoms with van der Waals surface area (Å²) in [6, 6.07) is 7.77. The number of halogens is 1. The molecule has 1 N–H and O–H groups in total. The lowest BCUT2D eigenvalue weighted by atomic mass is 9.94. The van der Waals surface area contributed by atoms with Crippen molar-refractivity contribution < 1.29 is 13.2 Å². The molecular formula is C18H26ClN3O3S. The van der Waals surface area contributed by atoms with Crippen LogP contribution in [0.25, 0.3) is 0 Å². The lowest BCUT2D eigenvalue weighted by Gasteiger charge is -2.42. The quantitative estimate of drug-likeness (QED) is 0.822. The zero-order valence-corrected chi connectivity index (χ0v) is 16.7. The van der Waals surface area contributed by atoms with Crippen LogP contribution in [0.15, 0.2) is 24.3 Å². The fourth-order valence-electron chi connectivity index (χ4n) is 3.82. The van der Waals surface area contributed by atoms with Crippen LogP contribution in [0.2, 0.25) is 5.02 Å². The van der Waals surface area contributed by atoms with Crippen LogP contribution in [0, 0.1) is 0 Å². The highest BCUT2D eigenvalue weighted by atomic mass is 35.5. The van der Waals surface area contributed by atoms with E-state index in [1.165, 1.54) is 11.8 Å². The van der Waals surface area contributed by atoms with Gasteiger partial charge in [-0.2, -0.15) is 0 Å². The van der Waals surface area contributed by atoms with Crippen LogP contribution in [0.4, 0.5) is 0 Å². The Morgan fingerprint density at radius 2 is 1.69 bits per heavy atom. The van der Waals surface area contributed by atoms with Crippen molar-refractivity contribution in [3.8, 4) is 0 Å². The van der Waals surface area contributed by atoms with E-state index in [1.807, 2.05) is 24.3 Å². The molecule has 144 valence electrons. The average molecular weight is 400 g/mol. The number of hydrogen-bond donors (Lipinski definition) is 1. The van der Waals surface area contributed by atoms with Gasteiger partial charge in [-0.05, 0) is 43.6 Å². The number of piperazine rings is 1. The molecule has 2 saturated heterocycles. The van der Waals surface area contributed by atoms with Gasteiger partial charge in [-0.25, -0.2) is 8.42 Å². The summed E-state index contributed by atoms with van der Waals surface area (Å²) in [4.78, 5) is 17.1. The first kappa shape index (κ1) is 19.6. The Hall–Kier alpha value is -1.15. The average Bonchev–Trinajstić information content (AvgIpc) is 2.63. The largest absolute Gasteiger partial charge is 0.339 e. The summed E-state index contributed by atoms with van der Waals surface area (Å²) in [5, 5.41) is 3.87. The first-order valence-electron chi connectivity index (χ1n) is 8.98. The number of sulfone groups is 1. The van der Waals surface area contributed by atoms with Crippen LogP contribution in [-0.4, -0.2) is 74.4 Å². The molecule has 2 fully saturated rings. The van der Waals surface area contributed by atoms with E-state index in [-0.39, 0.29) is 5.91 Å². The highest BCUT2D eigenvalue weighted by molar-refractivity contribution is 7.92. The van der Waals surface area contributed by atoms with Gasteiger partial charge in [0.25, 0.3) is 0 Å². The van der Waals surface area contributed by atoms with Gasteiger partial charge in [0.05, 0.1) is 0 Å². The molecule has 8 heteroatoms. The third-order valence-corrected chi connectivity index (χ3v) is 7.74. The van der Waals surface area contributed by atoms with Crippen molar-refractivity contribution >= 4 is 27.3 Å². The monoisotopic (exact) mass is 399 g/mol. The summed E-state index contributed by atoms with van der Waals surface area (Å²) in [5.74, 6) is -0.215. The number of benzene rings is 1. The third kappa shape index (κ3) is 4.06. The van der Waals surface area contributed by atoms with Crippen molar-refractivity contribution in [1.29, 1.82) is 0 Å². The van der Waals surface area contributed by atoms with Gasteiger partial charge in [-0.3, -0.25) is 9.69 Å². The maximum absolute atomic E-state index is 13.1. The van der Waals surface area contributed by atoms with Gasteiger partial charge in [0.15, 0.2) is 14.6 Å². The zero-order chi connectivity index (χ0) is 18.8. The SMILES string of the molecule is CS(=O)(=O)C1(C(=O)N2CCN(Cc3ccc(Cl)cc3)CC2)CCNCC1. The van der Waals surface area contributed by atoms with Crippen molar-refractivity contribution in [2.24, 2.45) is 0 Å². The summed E-state index contributed by atoms with van der Waals surface area (Å²) < 4.78 is 23.6. The summed E-state index contributed by atoms with van der Waals surface area (Å²) in [6.45, 7) is 4.55. The topological polar surface area (TPSA) is 69.7 Å². The molecule has 0 aromatic heterocycles. The molecule has 0 radical (unpaired) electrons. The zero-order valence-electron chi connectivity index (χ0n) is 15.1. The standard InChI is InChI=1S/C18H26ClN3O3S/c1-26(24,25)18(6-8-20-9-7-18)17(23)22-12-10-21(11-13-22)14-15-2-4-16(19)5-3-15/h2-5,20H,6-14H2,1H3. The van der Waals surface area contributed by atoms with Crippen LogP contribution >= 0.6 is 11.6 Å². The number of carbonyl (C=O) groups excluding carboxylic acids is 1. The second-order valence-electron chi connectivity index (χ2n) is 7.21. The number of carbonyl (C=O) groups is 1. The minimum Gasteiger partial charge on any atom is -0.339 e. The molecule has 0 unspecified atom stereocenters. The number of nitrogens with zero attached hydrogens (tertiary/aromatic N) is 2. The molecule has 2 aliphatic rings. The van der Waals surface area contributed by atoms with Gasteiger partial charge in [-0.15, -0.1) is 0 Å². The molecule has 3 rings (SSSR count). The van der Waals surface area contributed by atoms with Crippen molar-refractivity contribution in [1.82, 2.24) is 15.1 Å². The van der Waals surface area contributed by atoms with E-state index in [1.54, 1.807) is 4.90 Å². The number of amides is 1. The maximum atomic E-state index is 13.1. The Morgan fingerprint density at radius 3 is 2.23 bits per heavy atom. The van der Waals surface area contributed by atoms with E-state index in [2.05, 4.69) is 10.2 Å². The Balaban J connectivity index is 1.63. The first-order valence-corrected chi connectivity index (χ1v) is 11.3. The Kier molecular flexibility index (Phi) is 5.91. The van der Waals surface area contributed by atoms with Crippen LogP contribution in [0.3, 0.4) is 0 Å². The molecule has 0 aliphatic carbocycles. The predicted molar refractivity (Wildman–Crippen MR) is 103 cm³/mol. The molecule has 6 nitrogen and oxygen atoms in total. The van der Waals surface area contributed by atoms with Crippen molar-refractivity contribution in [3.05, 3.63) is 34.9 Å². The Morgan fingerprint density at radius 1 is 1.12 bits per heavy atom. The number of nitrogens with one attached hydrogen (secondary N) is 1. The van der Waals surface area contributed by atoms with E-state index < -0.39 is 14.6 Å². The van der Waals surface area contributed by atoms with Gasteiger partial charge < -0.3 is 10.2 Å². The van der Waals surface area contributed by atoms with Crippen LogP contribution in [0.1, 0.15) is 18.4 Å². The molecule has 2 aliphatic heterocycles. The molecular weight excluding hydrogens is 374 g/mol. The molecule has 0 saturated carbocycles. The van der Waals surface area contributed by atoms with Crippen LogP contribution < -0.4 is 5.32 Å². The molecule has 1 aromatic carbocycles. The maximum Gasteiger partial charge on any atom is 0.244 e. The lowest BCUT2D eigenvalue weighted by Crippen LogP contribution is -2.61. The van der Waals surface area contributed by atoms with Gasteiger partial charge >= 0.3 is 0 Å². The summed E-state index contributed by atoms with van der Waals surface area (Å²) >= 11 is 5.92. The summed E-state index contributed by atoms with van der Waals surface area (Å²) in [6.07, 6.45) is 1.91. The fourth-order valence-corrected chi connectivity index (χ4v) is 5.34. The highest BCUT2D eigenvalue weighted by Gasteiger charge is 2.50. The molecule has 2 heterocycles. The van der Waals surface area contributed by atoms with E-state index >= 15 is 0 Å². The van der Waals surface area contributed by atoms with E-state index in [0.717, 1.165) is 24.7 Å². The summed E-state index contributed by atoms with van der Waals surface area (Å²) in [7, 11) is -3.46. The van der Waals surface area contributed by atoms with Gasteiger partial charge in [0.2, 0.25) is 5.91 Å². The second kappa shape index (κ2) is 7.84. The van der Waals surface area contributed by atoms with Gasteiger partial charge in [0.1, 0.15) is 0 Å². The second-order valence-corrected chi connectivity index (χ2v) is 9.97. The molecule has 1 aromatic rings. The Labute approximate surface area is 160 Å². The van der Waals surface area contributed by atoms with E-state index in [9.17, 15) is 13.2 Å². The van der Waals surface area contributed by atoms with Crippen LogP contribution in [-0.2, 0) is 21.2 Å². The predicted octanol–water partition coefficient (Wildman–Crippen LogP) is 1.15. The smallest absolute Gasteiger partial charge is 0.244 e. The van der Waals surface area contributed by atoms with E-state index in [0.29, 0.717) is 39.0 Å². The summed E-state index contributed by atoms with van der Waals surface area (Å²) in [5.41, 5.74) is 1.18. The molecule has 1 amide bonds. The van der Waals surface area contributed by atoms with Crippen molar-refractivity contribution in [2.45, 2.75) is 24.1 Å². The normalized spacial score (nSPS) is 21.5. The van der Waals surface area contributed by atoms with Crippen molar-refractivity contribution in [2.75, 3.05) is 45.5 Å². The van der Waals surface area contributed by atoms with Gasteiger partial charge in [-0.1, -0.05) is 23.7 Å². The number of rotatable bonds is 4. The van der Waals surface area contributed by atoms with Gasteiger partial charge in [0, 0.05) is 44.0 Å². The fraction of sp³-hybridized carbons (Fsp3) is 0.611. The third-order valence-electron chi connectivity index (χ3n) is 5.49. The lowest BCUT2D eigenvalue weighted by molar-refractivity contribution is -0.136. The first-order chi connectivity index (χ1) is 12.3.